The fraction of sp³-hybridized carbons (Fsp3) is 0.250. The van der Waals surface area contributed by atoms with Crippen LogP contribution in [-0.2, 0) is 15.3 Å². The number of para-hydroxylation sites is 2. The van der Waals surface area contributed by atoms with Crippen LogP contribution in [0.3, 0.4) is 0 Å². The van der Waals surface area contributed by atoms with E-state index in [1.54, 1.807) is 7.05 Å². The Morgan fingerprint density at radius 3 is 2.22 bits per heavy atom. The molecule has 2 aromatic heterocycles. The lowest BCUT2D eigenvalue weighted by Crippen LogP contribution is -2.65. The number of amides is 1. The van der Waals surface area contributed by atoms with E-state index in [1.165, 1.54) is 0 Å². The van der Waals surface area contributed by atoms with E-state index in [0.717, 1.165) is 43.6 Å². The molecule has 1 saturated heterocycles. The molecule has 3 atom stereocenters. The lowest BCUT2D eigenvalue weighted by molar-refractivity contribution is -0.148. The number of hydrogen-bond acceptors (Lipinski definition) is 5. The number of nitrogens with one attached hydrogen (secondary N) is 1. The molecule has 1 amide bonds. The van der Waals surface area contributed by atoms with Crippen LogP contribution >= 0.6 is 0 Å². The van der Waals surface area contributed by atoms with Gasteiger partial charge < -0.3 is 24.9 Å². The van der Waals surface area contributed by atoms with Gasteiger partial charge in [0.1, 0.15) is 11.8 Å². The van der Waals surface area contributed by atoms with E-state index in [2.05, 4.69) is 9.88 Å². The number of benzene rings is 3. The number of nitrogens with two attached hydrogens (primary N) is 1. The molecule has 8 nitrogen and oxygen atoms in total. The molecule has 36 heavy (non-hydrogen) atoms. The van der Waals surface area contributed by atoms with Gasteiger partial charge in [-0.1, -0.05) is 36.4 Å². The van der Waals surface area contributed by atoms with Gasteiger partial charge in [0.2, 0.25) is 5.91 Å². The fourth-order valence-electron chi connectivity index (χ4n) is 7.14. The molecule has 4 heterocycles. The number of carbonyl (C=O) groups is 3. The van der Waals surface area contributed by atoms with Crippen LogP contribution in [0.2, 0.25) is 0 Å². The third-order valence-electron chi connectivity index (χ3n) is 8.68. The van der Waals surface area contributed by atoms with Crippen LogP contribution in [-0.4, -0.2) is 39.2 Å². The van der Waals surface area contributed by atoms with Gasteiger partial charge >= 0.3 is 0 Å². The van der Waals surface area contributed by atoms with Gasteiger partial charge in [0.25, 0.3) is 0 Å². The normalized spacial score (nSPS) is 26.6. The molecule has 2 aliphatic heterocycles. The lowest BCUT2D eigenvalue weighted by Gasteiger charge is -2.39. The molecular weight excluding hydrogens is 456 g/mol. The summed E-state index contributed by atoms with van der Waals surface area (Å²) in [5.41, 5.74) is 8.59. The molecule has 3 aromatic carbocycles. The van der Waals surface area contributed by atoms with Gasteiger partial charge in [-0.3, -0.25) is 14.4 Å². The van der Waals surface area contributed by atoms with Crippen LogP contribution in [0, 0.1) is 0 Å². The van der Waals surface area contributed by atoms with Crippen molar-refractivity contribution in [1.29, 1.82) is 0 Å². The number of Topliss-reactive ketones (excluding diaryl/α,β-unsaturated/α-hetero) is 2. The second-order valence-electron chi connectivity index (χ2n) is 10.3. The number of fused-ring (bicyclic) bond motifs is 13. The molecule has 5 aromatic rings. The maximum absolute atomic E-state index is 13.4. The topological polar surface area (TPSA) is 108 Å². The van der Waals surface area contributed by atoms with Crippen molar-refractivity contribution in [3.63, 3.8) is 0 Å². The summed E-state index contributed by atoms with van der Waals surface area (Å²) in [4.78, 5) is 40.1. The molecule has 0 radical (unpaired) electrons. The van der Waals surface area contributed by atoms with Crippen LogP contribution in [0.25, 0.3) is 43.6 Å². The third-order valence-corrected chi connectivity index (χ3v) is 8.68. The Balaban J connectivity index is 1.75. The summed E-state index contributed by atoms with van der Waals surface area (Å²) < 4.78 is 10.9. The molecule has 1 aliphatic carbocycles. The van der Waals surface area contributed by atoms with E-state index in [4.69, 9.17) is 10.5 Å². The second-order valence-corrected chi connectivity index (χ2v) is 10.3. The molecule has 0 unspecified atom stereocenters. The van der Waals surface area contributed by atoms with E-state index in [9.17, 15) is 14.4 Å². The number of aromatic nitrogens is 2. The van der Waals surface area contributed by atoms with Gasteiger partial charge in [-0.05, 0) is 19.1 Å². The van der Waals surface area contributed by atoms with E-state index < -0.39 is 17.5 Å². The number of rotatable bonds is 1. The van der Waals surface area contributed by atoms with Crippen molar-refractivity contribution in [2.24, 2.45) is 5.73 Å². The largest absolute Gasteiger partial charge is 0.357 e. The van der Waals surface area contributed by atoms with Gasteiger partial charge in [0, 0.05) is 46.1 Å². The number of ketones is 2. The molecule has 178 valence electrons. The predicted octanol–water partition coefficient (Wildman–Crippen LogP) is 3.72. The molecule has 0 saturated carbocycles. The first-order valence-corrected chi connectivity index (χ1v) is 12.1. The molecule has 3 aliphatic rings. The Kier molecular flexibility index (Phi) is 3.38. The highest BCUT2D eigenvalue weighted by Crippen LogP contribution is 2.57. The number of nitrogens with zero attached hydrogens (tertiary/aromatic N) is 2. The van der Waals surface area contributed by atoms with Gasteiger partial charge in [0.05, 0.1) is 28.5 Å². The van der Waals surface area contributed by atoms with Crippen molar-refractivity contribution >= 4 is 61.1 Å². The van der Waals surface area contributed by atoms with Crippen LogP contribution in [0.5, 0.6) is 0 Å². The first-order chi connectivity index (χ1) is 17.3. The van der Waals surface area contributed by atoms with E-state index in [0.29, 0.717) is 11.1 Å². The highest BCUT2D eigenvalue weighted by Gasteiger charge is 2.63. The minimum Gasteiger partial charge on any atom is -0.357 e. The Bertz CT molecular complexity index is 1910. The van der Waals surface area contributed by atoms with Gasteiger partial charge in [0.15, 0.2) is 17.3 Å². The summed E-state index contributed by atoms with van der Waals surface area (Å²) in [6.07, 6.45) is -0.445. The summed E-state index contributed by atoms with van der Waals surface area (Å²) in [7, 11) is 1.58. The average molecular weight is 479 g/mol. The first kappa shape index (κ1) is 20.2. The second kappa shape index (κ2) is 6.03. The fourth-order valence-corrected chi connectivity index (χ4v) is 7.14. The predicted molar refractivity (Wildman–Crippen MR) is 135 cm³/mol. The van der Waals surface area contributed by atoms with Crippen molar-refractivity contribution < 1.29 is 19.1 Å². The summed E-state index contributed by atoms with van der Waals surface area (Å²) in [6, 6.07) is 15.6. The minimum atomic E-state index is -1.39. The summed E-state index contributed by atoms with van der Waals surface area (Å²) >= 11 is 0. The van der Waals surface area contributed by atoms with Crippen molar-refractivity contribution in [3.05, 3.63) is 59.7 Å². The Morgan fingerprint density at radius 1 is 0.972 bits per heavy atom. The van der Waals surface area contributed by atoms with E-state index >= 15 is 0 Å². The van der Waals surface area contributed by atoms with Crippen molar-refractivity contribution in [3.8, 4) is 0 Å². The van der Waals surface area contributed by atoms with Crippen molar-refractivity contribution in [2.45, 2.75) is 37.3 Å². The molecule has 3 N–H and O–H groups in total. The Labute approximate surface area is 204 Å². The van der Waals surface area contributed by atoms with Crippen molar-refractivity contribution in [2.75, 3.05) is 7.05 Å². The Morgan fingerprint density at radius 2 is 1.56 bits per heavy atom. The van der Waals surface area contributed by atoms with Crippen LogP contribution in [0.4, 0.5) is 0 Å². The number of carbonyl (C=O) groups excluding carboxylic acids is 3. The average Bonchev–Trinajstić information content (AvgIpc) is 3.54. The summed E-state index contributed by atoms with van der Waals surface area (Å²) in [5, 5.41) is 5.96. The Hall–Kier alpha value is -4.01. The maximum atomic E-state index is 13.4. The standard InChI is InChI=1S/C28H22N4O4/c1-27-28(29,26(35)30-2)12-19(36-27)31-15-9-5-3-7-13(15)20-22-17(33)11-18(34)23(22)21-14-8-4-6-10-16(14)32(27)25(21)24(20)31/h3-10,19H,11-12,29H2,1-2H3,(H,30,35)/t19-,27+,28+/m1/s1. The van der Waals surface area contributed by atoms with Crippen LogP contribution < -0.4 is 11.1 Å². The zero-order valence-corrected chi connectivity index (χ0v) is 19.7. The molecule has 0 spiro atoms. The van der Waals surface area contributed by atoms with Gasteiger partial charge in [-0.15, -0.1) is 0 Å². The summed E-state index contributed by atoms with van der Waals surface area (Å²) in [6.45, 7) is 1.86. The van der Waals surface area contributed by atoms with E-state index in [-0.39, 0.29) is 30.3 Å². The zero-order valence-electron chi connectivity index (χ0n) is 19.7. The minimum absolute atomic E-state index is 0.140. The highest BCUT2D eigenvalue weighted by atomic mass is 16.5. The van der Waals surface area contributed by atoms with Crippen LogP contribution in [0.15, 0.2) is 48.5 Å². The maximum Gasteiger partial charge on any atom is 0.245 e. The molecule has 8 rings (SSSR count). The van der Waals surface area contributed by atoms with Crippen LogP contribution in [0.1, 0.15) is 46.7 Å². The number of ether oxygens (including phenoxy) is 1. The monoisotopic (exact) mass is 478 g/mol. The smallest absolute Gasteiger partial charge is 0.245 e. The number of hydrogen-bond donors (Lipinski definition) is 2. The zero-order chi connectivity index (χ0) is 24.7. The lowest BCUT2D eigenvalue weighted by atomic mass is 9.85. The van der Waals surface area contributed by atoms with Gasteiger partial charge in [-0.2, -0.15) is 0 Å². The quantitative estimate of drug-likeness (QED) is 0.357. The molecule has 1 fully saturated rings. The van der Waals surface area contributed by atoms with Crippen molar-refractivity contribution in [1.82, 2.24) is 14.5 Å². The third kappa shape index (κ3) is 1.91. The molecular formula is C28H22N4O4. The highest BCUT2D eigenvalue weighted by molar-refractivity contribution is 6.40. The molecule has 2 bridgehead atoms. The van der Waals surface area contributed by atoms with E-state index in [1.807, 2.05) is 60.0 Å². The molecule has 8 heteroatoms. The van der Waals surface area contributed by atoms with Gasteiger partial charge in [-0.25, -0.2) is 0 Å². The first-order valence-electron chi connectivity index (χ1n) is 12.1. The summed E-state index contributed by atoms with van der Waals surface area (Å²) in [5.74, 6) is -0.652. The SMILES string of the molecule is CNC(=O)[C@@]1(N)C[C@H]2O[C@]1(C)n1c3ccccc3c3c4c(c5c6ccccc6n2c5c31)C(=O)CC4=O. The number of likely N-dealkylation sites (N-methyl/N-ethyl adjacent to an activating group) is 1.